The Kier molecular flexibility index (Phi) is 4.70. The van der Waals surface area contributed by atoms with Crippen LogP contribution in [0.2, 0.25) is 0 Å². The average molecular weight is 325 g/mol. The number of ether oxygens (including phenoxy) is 2. The molecule has 1 aliphatic heterocycles. The van der Waals surface area contributed by atoms with Gasteiger partial charge in [-0.1, -0.05) is 24.3 Å². The van der Waals surface area contributed by atoms with Gasteiger partial charge >= 0.3 is 5.97 Å². The van der Waals surface area contributed by atoms with Gasteiger partial charge in [-0.2, -0.15) is 0 Å². The van der Waals surface area contributed by atoms with Crippen LogP contribution in [-0.4, -0.2) is 19.0 Å². The van der Waals surface area contributed by atoms with Gasteiger partial charge in [0, 0.05) is 6.42 Å². The number of esters is 1. The molecule has 0 amide bonds. The molecule has 0 bridgehead atoms. The van der Waals surface area contributed by atoms with E-state index in [1.165, 1.54) is 18.2 Å². The summed E-state index contributed by atoms with van der Waals surface area (Å²) in [4.78, 5) is 16.1. The van der Waals surface area contributed by atoms with Gasteiger partial charge in [0.05, 0.1) is 7.11 Å². The fraction of sp³-hybridized carbons (Fsp3) is 0.158. The molecule has 0 aliphatic carbocycles. The minimum atomic E-state index is -0.514. The Balaban J connectivity index is 1.70. The molecule has 5 heteroatoms. The highest BCUT2D eigenvalue weighted by atomic mass is 19.1. The van der Waals surface area contributed by atoms with Crippen LogP contribution in [-0.2, 0) is 16.0 Å². The number of halogens is 1. The number of carbonyl (C=O) groups excluding carboxylic acids is 1. The molecule has 1 heterocycles. The lowest BCUT2D eigenvalue weighted by molar-refractivity contribution is -0.130. The van der Waals surface area contributed by atoms with Gasteiger partial charge in [-0.3, -0.25) is 0 Å². The van der Waals surface area contributed by atoms with Crippen molar-refractivity contribution in [2.75, 3.05) is 7.11 Å². The van der Waals surface area contributed by atoms with E-state index in [9.17, 15) is 9.18 Å². The van der Waals surface area contributed by atoms with Crippen LogP contribution in [0.1, 0.15) is 17.5 Å². The first-order valence-corrected chi connectivity index (χ1v) is 7.54. The van der Waals surface area contributed by atoms with Gasteiger partial charge in [-0.15, -0.1) is 0 Å². The van der Waals surface area contributed by atoms with Crippen molar-refractivity contribution in [3.8, 4) is 5.75 Å². The molecular formula is C19H16FNO3. The molecule has 122 valence electrons. The monoisotopic (exact) mass is 325 g/mol. The molecule has 0 unspecified atom stereocenters. The number of rotatable bonds is 5. The van der Waals surface area contributed by atoms with Crippen molar-refractivity contribution >= 4 is 17.9 Å². The third-order valence-electron chi connectivity index (χ3n) is 3.58. The molecule has 0 radical (unpaired) electrons. The summed E-state index contributed by atoms with van der Waals surface area (Å²) >= 11 is 0. The zero-order chi connectivity index (χ0) is 16.9. The Labute approximate surface area is 139 Å². The van der Waals surface area contributed by atoms with Gasteiger partial charge in [0.15, 0.2) is 11.6 Å². The molecule has 0 saturated carbocycles. The van der Waals surface area contributed by atoms with Crippen molar-refractivity contribution in [3.05, 3.63) is 71.2 Å². The number of aliphatic imine (C=N–C) groups is 1. The smallest absolute Gasteiger partial charge is 0.363 e. The summed E-state index contributed by atoms with van der Waals surface area (Å²) in [6, 6.07) is 13.6. The van der Waals surface area contributed by atoms with E-state index in [0.717, 1.165) is 11.3 Å². The van der Waals surface area contributed by atoms with E-state index >= 15 is 0 Å². The zero-order valence-corrected chi connectivity index (χ0v) is 13.2. The number of benzene rings is 2. The van der Waals surface area contributed by atoms with Crippen molar-refractivity contribution in [2.45, 2.75) is 12.8 Å². The highest BCUT2D eigenvalue weighted by Gasteiger charge is 2.22. The molecule has 2 aromatic rings. The van der Waals surface area contributed by atoms with Crippen LogP contribution in [0.3, 0.4) is 0 Å². The van der Waals surface area contributed by atoms with Crippen LogP contribution in [0.4, 0.5) is 4.39 Å². The Morgan fingerprint density at radius 1 is 1.17 bits per heavy atom. The first-order chi connectivity index (χ1) is 11.6. The third kappa shape index (κ3) is 3.87. The lowest BCUT2D eigenvalue weighted by atomic mass is 10.1. The average Bonchev–Trinajstić information content (AvgIpc) is 2.93. The fourth-order valence-electron chi connectivity index (χ4n) is 2.39. The van der Waals surface area contributed by atoms with Gasteiger partial charge in [0.2, 0.25) is 0 Å². The predicted octanol–water partition coefficient (Wildman–Crippen LogP) is 3.76. The summed E-state index contributed by atoms with van der Waals surface area (Å²) in [6.45, 7) is 0. The number of aryl methyl sites for hydroxylation is 1. The maximum atomic E-state index is 13.2. The minimum absolute atomic E-state index is 0.182. The molecule has 0 fully saturated rings. The number of hydrogen-bond acceptors (Lipinski definition) is 4. The standard InChI is InChI=1S/C19H16FNO3/c1-23-16-7-3-4-13(11-16)8-9-18-21-17(19(22)24-18)12-14-5-2-6-15(20)10-14/h2-7,10-12H,8-9H2,1H3/b17-12+. The Morgan fingerprint density at radius 3 is 2.79 bits per heavy atom. The van der Waals surface area contributed by atoms with E-state index in [1.807, 2.05) is 24.3 Å². The Hall–Kier alpha value is -2.95. The third-order valence-corrected chi connectivity index (χ3v) is 3.58. The van der Waals surface area contributed by atoms with E-state index in [-0.39, 0.29) is 11.5 Å². The van der Waals surface area contributed by atoms with Crippen molar-refractivity contribution in [3.63, 3.8) is 0 Å². The lowest BCUT2D eigenvalue weighted by Gasteiger charge is -2.03. The Bertz CT molecular complexity index is 827. The van der Waals surface area contributed by atoms with Crippen LogP contribution in [0, 0.1) is 5.82 Å². The summed E-state index contributed by atoms with van der Waals surface area (Å²) < 4.78 is 23.5. The summed E-state index contributed by atoms with van der Waals surface area (Å²) in [6.07, 6.45) is 2.69. The predicted molar refractivity (Wildman–Crippen MR) is 89.2 cm³/mol. The first-order valence-electron chi connectivity index (χ1n) is 7.54. The van der Waals surface area contributed by atoms with Gasteiger partial charge in [-0.25, -0.2) is 14.2 Å². The number of methoxy groups -OCH3 is 1. The SMILES string of the molecule is COc1cccc(CCC2=N/C(=C/c3cccc(F)c3)C(=O)O2)c1. The second-order valence-corrected chi connectivity index (χ2v) is 5.33. The molecule has 2 aromatic carbocycles. The number of cyclic esters (lactones) is 1. The first kappa shape index (κ1) is 15.9. The molecule has 0 atom stereocenters. The van der Waals surface area contributed by atoms with E-state index < -0.39 is 5.97 Å². The van der Waals surface area contributed by atoms with Crippen LogP contribution in [0.5, 0.6) is 5.75 Å². The minimum Gasteiger partial charge on any atom is -0.497 e. The lowest BCUT2D eigenvalue weighted by Crippen LogP contribution is -2.05. The van der Waals surface area contributed by atoms with Crippen molar-refractivity contribution < 1.29 is 18.7 Å². The second kappa shape index (κ2) is 7.08. The summed E-state index contributed by atoms with van der Waals surface area (Å²) in [5.74, 6) is 0.271. The Morgan fingerprint density at radius 2 is 2.00 bits per heavy atom. The van der Waals surface area contributed by atoms with Gasteiger partial charge < -0.3 is 9.47 Å². The molecule has 3 rings (SSSR count). The maximum absolute atomic E-state index is 13.2. The van der Waals surface area contributed by atoms with Gasteiger partial charge in [0.1, 0.15) is 11.6 Å². The topological polar surface area (TPSA) is 47.9 Å². The molecular weight excluding hydrogens is 309 g/mol. The molecule has 0 saturated heterocycles. The molecule has 0 aromatic heterocycles. The van der Waals surface area contributed by atoms with E-state index in [2.05, 4.69) is 4.99 Å². The van der Waals surface area contributed by atoms with Crippen LogP contribution in [0.15, 0.2) is 59.2 Å². The van der Waals surface area contributed by atoms with E-state index in [4.69, 9.17) is 9.47 Å². The normalized spacial score (nSPS) is 15.3. The van der Waals surface area contributed by atoms with Crippen LogP contribution in [0.25, 0.3) is 6.08 Å². The number of carbonyl (C=O) groups is 1. The summed E-state index contributed by atoms with van der Waals surface area (Å²) in [5, 5.41) is 0. The molecule has 1 aliphatic rings. The molecule has 0 N–H and O–H groups in total. The molecule has 0 spiro atoms. The largest absolute Gasteiger partial charge is 0.497 e. The van der Waals surface area contributed by atoms with Crippen LogP contribution >= 0.6 is 0 Å². The van der Waals surface area contributed by atoms with E-state index in [0.29, 0.717) is 24.3 Å². The maximum Gasteiger partial charge on any atom is 0.363 e. The highest BCUT2D eigenvalue weighted by molar-refractivity contribution is 6.07. The summed E-state index contributed by atoms with van der Waals surface area (Å²) in [7, 11) is 1.62. The van der Waals surface area contributed by atoms with Gasteiger partial charge in [0.25, 0.3) is 0 Å². The molecule has 4 nitrogen and oxygen atoms in total. The summed E-state index contributed by atoms with van der Waals surface area (Å²) in [5.41, 5.74) is 1.82. The fourth-order valence-corrected chi connectivity index (χ4v) is 2.39. The van der Waals surface area contributed by atoms with Crippen molar-refractivity contribution in [1.29, 1.82) is 0 Å². The van der Waals surface area contributed by atoms with Crippen molar-refractivity contribution in [1.82, 2.24) is 0 Å². The van der Waals surface area contributed by atoms with Crippen molar-refractivity contribution in [2.24, 2.45) is 4.99 Å². The molecule has 24 heavy (non-hydrogen) atoms. The van der Waals surface area contributed by atoms with Gasteiger partial charge in [-0.05, 0) is 47.9 Å². The highest BCUT2D eigenvalue weighted by Crippen LogP contribution is 2.19. The second-order valence-electron chi connectivity index (χ2n) is 5.33. The number of nitrogens with zero attached hydrogens (tertiary/aromatic N) is 1. The van der Waals surface area contributed by atoms with Crippen LogP contribution < -0.4 is 4.74 Å². The number of hydrogen-bond donors (Lipinski definition) is 0. The quantitative estimate of drug-likeness (QED) is 0.621. The van der Waals surface area contributed by atoms with E-state index in [1.54, 1.807) is 19.2 Å². The zero-order valence-electron chi connectivity index (χ0n) is 13.2.